The van der Waals surface area contributed by atoms with Gasteiger partial charge in [-0.05, 0) is 24.6 Å². The predicted molar refractivity (Wildman–Crippen MR) is 125 cm³/mol. The summed E-state index contributed by atoms with van der Waals surface area (Å²) in [6.07, 6.45) is 6.00. The van der Waals surface area contributed by atoms with Gasteiger partial charge in [0.05, 0.1) is 5.56 Å². The number of allylic oxidation sites excluding steroid dienone is 1. The fraction of sp³-hybridized carbons (Fsp3) is 0.0952. The number of carbonyl (C=O) groups is 2. The van der Waals surface area contributed by atoms with Gasteiger partial charge in [0.25, 0.3) is 5.91 Å². The fourth-order valence-electron chi connectivity index (χ4n) is 2.44. The van der Waals surface area contributed by atoms with Gasteiger partial charge in [-0.3, -0.25) is 14.0 Å². The van der Waals surface area contributed by atoms with Crippen LogP contribution in [-0.4, -0.2) is 33.8 Å². The molecule has 30 heavy (non-hydrogen) atoms. The Kier molecular flexibility index (Phi) is 8.94. The average molecular weight is 462 g/mol. The molecular formula is C21H20ClN3O3S2. The highest BCUT2D eigenvalue weighted by molar-refractivity contribution is 7.15. The van der Waals surface area contributed by atoms with Gasteiger partial charge in [0.2, 0.25) is 0 Å². The third kappa shape index (κ3) is 5.43. The average Bonchev–Trinajstić information content (AvgIpc) is 3.45. The number of aliphatic hydroxyl groups is 1. The molecule has 0 aliphatic rings. The van der Waals surface area contributed by atoms with E-state index in [4.69, 9.17) is 16.7 Å². The van der Waals surface area contributed by atoms with Crippen molar-refractivity contribution in [1.29, 1.82) is 0 Å². The molecule has 1 amide bonds. The number of anilines is 1. The number of fused-ring (bicyclic) bond motifs is 1. The van der Waals surface area contributed by atoms with E-state index in [1.54, 1.807) is 28.8 Å². The molecule has 6 nitrogen and oxygen atoms in total. The Hall–Kier alpha value is -2.78. The first-order valence-corrected chi connectivity index (χ1v) is 10.8. The van der Waals surface area contributed by atoms with E-state index in [-0.39, 0.29) is 5.91 Å². The molecule has 0 spiro atoms. The lowest BCUT2D eigenvalue weighted by atomic mass is 10.1. The lowest BCUT2D eigenvalue weighted by Gasteiger charge is -2.03. The van der Waals surface area contributed by atoms with Crippen LogP contribution in [0.1, 0.15) is 27.8 Å². The van der Waals surface area contributed by atoms with E-state index in [9.17, 15) is 9.59 Å². The predicted octanol–water partition coefficient (Wildman–Crippen LogP) is 5.64. The molecule has 1 aromatic carbocycles. The lowest BCUT2D eigenvalue weighted by molar-refractivity contribution is 0.102. The monoisotopic (exact) mass is 461 g/mol. The number of halogens is 1. The molecule has 4 rings (SSSR count). The summed E-state index contributed by atoms with van der Waals surface area (Å²) in [4.78, 5) is 29.0. The van der Waals surface area contributed by atoms with Crippen LogP contribution in [0.15, 0.2) is 60.1 Å². The van der Waals surface area contributed by atoms with Gasteiger partial charge in [-0.25, -0.2) is 4.98 Å². The third-order valence-corrected chi connectivity index (χ3v) is 5.59. The summed E-state index contributed by atoms with van der Waals surface area (Å²) in [5.74, 6) is -0.344. The number of aromatic nitrogens is 2. The number of thiazole rings is 1. The molecule has 0 fully saturated rings. The number of thiophene rings is 1. The summed E-state index contributed by atoms with van der Waals surface area (Å²) >= 11 is 8.66. The molecule has 3 heterocycles. The molecule has 3 aromatic heterocycles. The van der Waals surface area contributed by atoms with Crippen LogP contribution in [0, 0.1) is 0 Å². The Labute approximate surface area is 187 Å². The molecule has 0 unspecified atom stereocenters. The Morgan fingerprint density at radius 3 is 2.53 bits per heavy atom. The zero-order valence-corrected chi connectivity index (χ0v) is 18.7. The quantitative estimate of drug-likeness (QED) is 0.304. The van der Waals surface area contributed by atoms with Crippen LogP contribution in [-0.2, 0) is 0 Å². The number of rotatable bonds is 4. The maximum atomic E-state index is 12.4. The van der Waals surface area contributed by atoms with Gasteiger partial charge >= 0.3 is 0 Å². The van der Waals surface area contributed by atoms with Crippen LogP contribution in [0.4, 0.5) is 5.00 Å². The summed E-state index contributed by atoms with van der Waals surface area (Å²) in [7, 11) is 1.00. The molecule has 0 radical (unpaired) electrons. The highest BCUT2D eigenvalue weighted by Crippen LogP contribution is 2.35. The Bertz CT molecular complexity index is 1100. The van der Waals surface area contributed by atoms with Crippen LogP contribution in [0.5, 0.6) is 0 Å². The zero-order chi connectivity index (χ0) is 22.1. The van der Waals surface area contributed by atoms with E-state index < -0.39 is 0 Å². The first kappa shape index (κ1) is 23.5. The number of aldehydes is 1. The highest BCUT2D eigenvalue weighted by atomic mass is 35.5. The van der Waals surface area contributed by atoms with Crippen molar-refractivity contribution < 1.29 is 14.7 Å². The standard InChI is InChI=1S/C17H10ClN3O2S2.C3H6.CH4O/c18-11-3-1-10(2-4-11)13-9-25-16(12(13)8-22)20-15(23)14-7-21-5-6-24-17(21)19-14;1-3-2;1-2/h1-9H,(H,20,23);3H,1H2,2H3;2H,1H3. The van der Waals surface area contributed by atoms with Gasteiger partial charge < -0.3 is 10.4 Å². The Balaban J connectivity index is 0.000000590. The number of hydrogen-bond donors (Lipinski definition) is 2. The van der Waals surface area contributed by atoms with Gasteiger partial charge in [0.15, 0.2) is 11.2 Å². The van der Waals surface area contributed by atoms with Gasteiger partial charge in [0, 0.05) is 40.8 Å². The molecule has 2 N–H and O–H groups in total. The van der Waals surface area contributed by atoms with Crippen molar-refractivity contribution in [2.45, 2.75) is 6.92 Å². The summed E-state index contributed by atoms with van der Waals surface area (Å²) in [5, 5.41) is 14.6. The first-order valence-electron chi connectivity index (χ1n) is 8.65. The van der Waals surface area contributed by atoms with Crippen LogP contribution in [0.25, 0.3) is 16.1 Å². The number of benzene rings is 1. The van der Waals surface area contributed by atoms with E-state index in [2.05, 4.69) is 16.9 Å². The molecule has 0 saturated carbocycles. The number of carbonyl (C=O) groups excluding carboxylic acids is 2. The second kappa shape index (κ2) is 11.4. The SMILES string of the molecule is C=CC.CO.O=Cc1c(-c2ccc(Cl)cc2)csc1NC(=O)c1cn2ccsc2n1. The van der Waals surface area contributed by atoms with Crippen molar-refractivity contribution in [2.75, 3.05) is 12.4 Å². The summed E-state index contributed by atoms with van der Waals surface area (Å²) in [6, 6.07) is 7.21. The van der Waals surface area contributed by atoms with Crippen LogP contribution in [0.3, 0.4) is 0 Å². The summed E-state index contributed by atoms with van der Waals surface area (Å²) < 4.78 is 1.79. The smallest absolute Gasteiger partial charge is 0.276 e. The number of nitrogens with zero attached hydrogens (tertiary/aromatic N) is 2. The van der Waals surface area contributed by atoms with Gasteiger partial charge in [-0.2, -0.15) is 0 Å². The second-order valence-electron chi connectivity index (χ2n) is 5.60. The van der Waals surface area contributed by atoms with Gasteiger partial charge in [0.1, 0.15) is 10.7 Å². The molecule has 156 valence electrons. The number of nitrogens with one attached hydrogen (secondary N) is 1. The van der Waals surface area contributed by atoms with Crippen LogP contribution >= 0.6 is 34.3 Å². The lowest BCUT2D eigenvalue weighted by Crippen LogP contribution is -2.12. The van der Waals surface area contributed by atoms with Crippen molar-refractivity contribution >= 4 is 56.4 Å². The third-order valence-electron chi connectivity index (χ3n) is 3.66. The number of imidazole rings is 1. The minimum Gasteiger partial charge on any atom is -0.400 e. The van der Waals surface area contributed by atoms with Crippen LogP contribution < -0.4 is 5.32 Å². The molecule has 0 atom stereocenters. The largest absolute Gasteiger partial charge is 0.400 e. The van der Waals surface area contributed by atoms with E-state index in [1.165, 1.54) is 22.7 Å². The highest BCUT2D eigenvalue weighted by Gasteiger charge is 2.17. The van der Waals surface area contributed by atoms with Crippen molar-refractivity contribution in [3.8, 4) is 11.1 Å². The van der Waals surface area contributed by atoms with E-state index in [0.29, 0.717) is 21.3 Å². The van der Waals surface area contributed by atoms with Crippen molar-refractivity contribution in [2.24, 2.45) is 0 Å². The molecule has 0 bridgehead atoms. The minimum absolute atomic E-state index is 0.310. The molecule has 0 aliphatic heterocycles. The van der Waals surface area contributed by atoms with Gasteiger partial charge in [-0.15, -0.1) is 29.3 Å². The molecule has 0 aliphatic carbocycles. The fourth-order valence-corrected chi connectivity index (χ4v) is 4.20. The second-order valence-corrected chi connectivity index (χ2v) is 7.79. The Morgan fingerprint density at radius 2 is 1.93 bits per heavy atom. The first-order chi connectivity index (χ1) is 14.6. The minimum atomic E-state index is -0.344. The Morgan fingerprint density at radius 1 is 1.27 bits per heavy atom. The summed E-state index contributed by atoms with van der Waals surface area (Å²) in [5.41, 5.74) is 2.38. The molecule has 0 saturated heterocycles. The molecule has 4 aromatic rings. The van der Waals surface area contributed by atoms with Gasteiger partial charge in [-0.1, -0.05) is 29.8 Å². The van der Waals surface area contributed by atoms with Crippen molar-refractivity contribution in [3.63, 3.8) is 0 Å². The maximum Gasteiger partial charge on any atom is 0.276 e. The van der Waals surface area contributed by atoms with E-state index >= 15 is 0 Å². The maximum absolute atomic E-state index is 12.4. The van der Waals surface area contributed by atoms with Crippen molar-refractivity contribution in [3.05, 3.63) is 76.4 Å². The number of aliphatic hydroxyl groups excluding tert-OH is 1. The van der Waals surface area contributed by atoms with E-state index in [1.807, 2.05) is 36.0 Å². The van der Waals surface area contributed by atoms with Crippen LogP contribution in [0.2, 0.25) is 5.02 Å². The number of hydrogen-bond acceptors (Lipinski definition) is 6. The normalized spacial score (nSPS) is 9.73. The molecular weight excluding hydrogens is 442 g/mol. The topological polar surface area (TPSA) is 83.7 Å². The molecule has 9 heteroatoms. The summed E-state index contributed by atoms with van der Waals surface area (Å²) in [6.45, 7) is 5.25. The van der Waals surface area contributed by atoms with Crippen molar-refractivity contribution in [1.82, 2.24) is 9.38 Å². The number of amides is 1. The zero-order valence-electron chi connectivity index (χ0n) is 16.3. The van der Waals surface area contributed by atoms with E-state index in [0.717, 1.165) is 29.5 Å².